The van der Waals surface area contributed by atoms with Gasteiger partial charge in [-0.25, -0.2) is 0 Å². The van der Waals surface area contributed by atoms with Crippen LogP contribution >= 0.6 is 0 Å². The first kappa shape index (κ1) is 15.1. The summed E-state index contributed by atoms with van der Waals surface area (Å²) in [5.41, 5.74) is 4.15. The van der Waals surface area contributed by atoms with Gasteiger partial charge in [0.05, 0.1) is 0 Å². The molecule has 0 saturated carbocycles. The summed E-state index contributed by atoms with van der Waals surface area (Å²) in [4.78, 5) is 2.35. The molecule has 0 aromatic heterocycles. The molecule has 116 valence electrons. The largest absolute Gasteiger partial charge is 0.489 e. The zero-order valence-electron chi connectivity index (χ0n) is 13.8. The molecule has 1 aliphatic rings. The summed E-state index contributed by atoms with van der Waals surface area (Å²) in [6.07, 6.45) is 2.37. The van der Waals surface area contributed by atoms with Gasteiger partial charge in [-0.05, 0) is 61.7 Å². The van der Waals surface area contributed by atoms with Crippen molar-refractivity contribution in [2.45, 2.75) is 38.3 Å². The van der Waals surface area contributed by atoms with Gasteiger partial charge in [-0.2, -0.15) is 0 Å². The molecule has 2 heteroatoms. The topological polar surface area (TPSA) is 12.5 Å². The van der Waals surface area contributed by atoms with E-state index in [1.54, 1.807) is 0 Å². The number of rotatable bonds is 4. The molecule has 2 aromatic rings. The van der Waals surface area contributed by atoms with E-state index >= 15 is 0 Å². The molecule has 2 aromatic carbocycles. The van der Waals surface area contributed by atoms with E-state index in [1.807, 2.05) is 6.07 Å². The molecule has 0 heterocycles. The fourth-order valence-electron chi connectivity index (χ4n) is 3.54. The van der Waals surface area contributed by atoms with Gasteiger partial charge in [0.2, 0.25) is 0 Å². The van der Waals surface area contributed by atoms with Crippen LogP contribution in [0.4, 0.5) is 0 Å². The van der Waals surface area contributed by atoms with Crippen molar-refractivity contribution < 1.29 is 4.74 Å². The van der Waals surface area contributed by atoms with Crippen LogP contribution < -0.4 is 4.74 Å². The van der Waals surface area contributed by atoms with Gasteiger partial charge in [-0.15, -0.1) is 0 Å². The highest BCUT2D eigenvalue weighted by atomic mass is 16.5. The third-order valence-electron chi connectivity index (χ3n) is 4.80. The van der Waals surface area contributed by atoms with Gasteiger partial charge in [0.25, 0.3) is 0 Å². The number of hydrogen-bond acceptors (Lipinski definition) is 2. The Morgan fingerprint density at radius 2 is 1.86 bits per heavy atom. The highest BCUT2D eigenvalue weighted by Crippen LogP contribution is 2.35. The number of hydrogen-bond donors (Lipinski definition) is 0. The second-order valence-corrected chi connectivity index (χ2v) is 6.49. The lowest BCUT2D eigenvalue weighted by atomic mass is 9.80. The van der Waals surface area contributed by atoms with E-state index in [0.29, 0.717) is 18.6 Å². The molecule has 0 amide bonds. The van der Waals surface area contributed by atoms with Gasteiger partial charge < -0.3 is 9.64 Å². The molecule has 0 fully saturated rings. The lowest BCUT2D eigenvalue weighted by molar-refractivity contribution is 0.236. The minimum absolute atomic E-state index is 0.585. The van der Waals surface area contributed by atoms with Crippen LogP contribution in [0.5, 0.6) is 5.75 Å². The maximum absolute atomic E-state index is 5.96. The van der Waals surface area contributed by atoms with Gasteiger partial charge in [0, 0.05) is 6.04 Å². The summed E-state index contributed by atoms with van der Waals surface area (Å²) >= 11 is 0. The molecule has 2 unspecified atom stereocenters. The first-order valence-corrected chi connectivity index (χ1v) is 8.11. The maximum Gasteiger partial charge on any atom is 0.120 e. The van der Waals surface area contributed by atoms with Crippen LogP contribution in [-0.2, 0) is 13.0 Å². The quantitative estimate of drug-likeness (QED) is 0.836. The summed E-state index contributed by atoms with van der Waals surface area (Å²) in [5.74, 6) is 1.57. The SMILES string of the molecule is CC1c2ccc(OCc3ccccc3)cc2CCC1N(C)C. The van der Waals surface area contributed by atoms with E-state index in [9.17, 15) is 0 Å². The Bertz CT molecular complexity index is 621. The second-order valence-electron chi connectivity index (χ2n) is 6.49. The van der Waals surface area contributed by atoms with E-state index in [2.05, 4.69) is 68.4 Å². The molecule has 0 N–H and O–H groups in total. The molecule has 2 atom stereocenters. The van der Waals surface area contributed by atoms with Crippen molar-refractivity contribution in [3.8, 4) is 5.75 Å². The van der Waals surface area contributed by atoms with Gasteiger partial charge in [0.1, 0.15) is 12.4 Å². The van der Waals surface area contributed by atoms with E-state index < -0.39 is 0 Å². The number of nitrogens with zero attached hydrogens (tertiary/aromatic N) is 1. The lowest BCUT2D eigenvalue weighted by Gasteiger charge is -2.35. The first-order chi connectivity index (χ1) is 10.6. The molecular weight excluding hydrogens is 270 g/mol. The number of likely N-dealkylation sites (N-methyl/N-ethyl adjacent to an activating group) is 1. The minimum Gasteiger partial charge on any atom is -0.489 e. The van der Waals surface area contributed by atoms with E-state index in [1.165, 1.54) is 23.1 Å². The highest BCUT2D eigenvalue weighted by molar-refractivity contribution is 5.40. The molecule has 3 rings (SSSR count). The molecule has 2 nitrogen and oxygen atoms in total. The van der Waals surface area contributed by atoms with Gasteiger partial charge >= 0.3 is 0 Å². The molecular formula is C20H25NO. The molecule has 0 bridgehead atoms. The second kappa shape index (κ2) is 6.53. The van der Waals surface area contributed by atoms with E-state index in [0.717, 1.165) is 12.2 Å². The Morgan fingerprint density at radius 3 is 2.59 bits per heavy atom. The maximum atomic E-state index is 5.96. The summed E-state index contributed by atoms with van der Waals surface area (Å²) in [7, 11) is 4.37. The van der Waals surface area contributed by atoms with Crippen molar-refractivity contribution >= 4 is 0 Å². The van der Waals surface area contributed by atoms with Crippen molar-refractivity contribution in [1.29, 1.82) is 0 Å². The predicted molar refractivity (Wildman–Crippen MR) is 91.4 cm³/mol. The minimum atomic E-state index is 0.585. The van der Waals surface area contributed by atoms with Crippen LogP contribution in [0.1, 0.15) is 36.0 Å². The van der Waals surface area contributed by atoms with Crippen molar-refractivity contribution in [3.63, 3.8) is 0 Å². The van der Waals surface area contributed by atoms with Crippen molar-refractivity contribution in [1.82, 2.24) is 4.90 Å². The smallest absolute Gasteiger partial charge is 0.120 e. The van der Waals surface area contributed by atoms with E-state index in [-0.39, 0.29) is 0 Å². The van der Waals surface area contributed by atoms with Gasteiger partial charge in [0.15, 0.2) is 0 Å². The fraction of sp³-hybridized carbons (Fsp3) is 0.400. The Labute approximate surface area is 133 Å². The van der Waals surface area contributed by atoms with Crippen molar-refractivity contribution in [2.24, 2.45) is 0 Å². The Hall–Kier alpha value is -1.80. The monoisotopic (exact) mass is 295 g/mol. The Balaban J connectivity index is 1.72. The van der Waals surface area contributed by atoms with Crippen LogP contribution in [-0.4, -0.2) is 25.0 Å². The summed E-state index contributed by atoms with van der Waals surface area (Å²) in [6.45, 7) is 2.97. The van der Waals surface area contributed by atoms with Gasteiger partial charge in [-0.1, -0.05) is 43.3 Å². The number of fused-ring (bicyclic) bond motifs is 1. The lowest BCUT2D eigenvalue weighted by Crippen LogP contribution is -2.36. The predicted octanol–water partition coefficient (Wildman–Crippen LogP) is 4.25. The van der Waals surface area contributed by atoms with E-state index in [4.69, 9.17) is 4.74 Å². The molecule has 22 heavy (non-hydrogen) atoms. The average molecular weight is 295 g/mol. The zero-order chi connectivity index (χ0) is 15.5. The van der Waals surface area contributed by atoms with Crippen molar-refractivity contribution in [2.75, 3.05) is 14.1 Å². The first-order valence-electron chi connectivity index (χ1n) is 8.11. The standard InChI is InChI=1S/C20H25NO/c1-15-19-11-10-18(22-14-16-7-5-4-6-8-16)13-17(19)9-12-20(15)21(2)3/h4-8,10-11,13,15,20H,9,12,14H2,1-3H3. The molecule has 0 aliphatic heterocycles. The third kappa shape index (κ3) is 3.17. The van der Waals surface area contributed by atoms with Gasteiger partial charge in [-0.3, -0.25) is 0 Å². The number of benzene rings is 2. The zero-order valence-corrected chi connectivity index (χ0v) is 13.8. The number of ether oxygens (including phenoxy) is 1. The van der Waals surface area contributed by atoms with Crippen LogP contribution in [0.25, 0.3) is 0 Å². The normalized spacial score (nSPS) is 20.7. The Kier molecular flexibility index (Phi) is 4.49. The molecule has 1 aliphatic carbocycles. The molecule has 0 radical (unpaired) electrons. The van der Waals surface area contributed by atoms with Crippen molar-refractivity contribution in [3.05, 3.63) is 65.2 Å². The summed E-state index contributed by atoms with van der Waals surface area (Å²) < 4.78 is 5.96. The summed E-state index contributed by atoms with van der Waals surface area (Å²) in [5, 5.41) is 0. The van der Waals surface area contributed by atoms with Crippen LogP contribution in [0, 0.1) is 0 Å². The number of aryl methyl sites for hydroxylation is 1. The Morgan fingerprint density at radius 1 is 1.09 bits per heavy atom. The van der Waals surface area contributed by atoms with Crippen LogP contribution in [0.3, 0.4) is 0 Å². The average Bonchev–Trinajstić information content (AvgIpc) is 2.54. The molecule has 0 saturated heterocycles. The summed E-state index contributed by atoms with van der Waals surface area (Å²) in [6, 6.07) is 17.6. The van der Waals surface area contributed by atoms with Crippen LogP contribution in [0.2, 0.25) is 0 Å². The third-order valence-corrected chi connectivity index (χ3v) is 4.80. The fourth-order valence-corrected chi connectivity index (χ4v) is 3.54. The van der Waals surface area contributed by atoms with Crippen LogP contribution in [0.15, 0.2) is 48.5 Å². The highest BCUT2D eigenvalue weighted by Gasteiger charge is 2.27. The molecule has 0 spiro atoms.